The monoisotopic (exact) mass is 470 g/mol. The van der Waals surface area contributed by atoms with Crippen LogP contribution in [-0.2, 0) is 4.79 Å². The van der Waals surface area contributed by atoms with Gasteiger partial charge < -0.3 is 24.1 Å². The number of nitrogens with zero attached hydrogens (tertiary/aromatic N) is 1. The molecule has 0 radical (unpaired) electrons. The van der Waals surface area contributed by atoms with Crippen molar-refractivity contribution >= 4 is 33.8 Å². The number of amides is 1. The van der Waals surface area contributed by atoms with E-state index in [0.717, 1.165) is 44.8 Å². The third-order valence-electron chi connectivity index (χ3n) is 5.80. The number of para-hydroxylation sites is 1. The van der Waals surface area contributed by atoms with Crippen LogP contribution in [-0.4, -0.2) is 33.7 Å². The molecule has 1 amide bonds. The van der Waals surface area contributed by atoms with Crippen molar-refractivity contribution < 1.29 is 18.7 Å². The quantitative estimate of drug-likeness (QED) is 0.293. The molecule has 0 fully saturated rings. The lowest BCUT2D eigenvalue weighted by Gasteiger charge is -2.13. The van der Waals surface area contributed by atoms with Gasteiger partial charge in [0.05, 0.1) is 20.0 Å². The largest absolute Gasteiger partial charge is 0.496 e. The van der Waals surface area contributed by atoms with Gasteiger partial charge in [0.15, 0.2) is 0 Å². The van der Waals surface area contributed by atoms with Crippen molar-refractivity contribution in [1.29, 1.82) is 0 Å². The number of carbonyl (C=O) groups is 1. The Bertz CT molecular complexity index is 1370. The smallest absolute Gasteiger partial charge is 0.248 e. The lowest BCUT2D eigenvalue weighted by Crippen LogP contribution is -2.10. The first-order valence-electron chi connectivity index (χ1n) is 11.5. The van der Waals surface area contributed by atoms with Crippen LogP contribution in [0.1, 0.15) is 19.4 Å². The molecule has 0 saturated carbocycles. The Morgan fingerprint density at radius 1 is 1.03 bits per heavy atom. The van der Waals surface area contributed by atoms with Crippen molar-refractivity contribution in [3.63, 3.8) is 0 Å². The van der Waals surface area contributed by atoms with Crippen LogP contribution in [0.15, 0.2) is 77.4 Å². The maximum absolute atomic E-state index is 12.8. The number of furan rings is 1. The SMILES string of the molecule is CCOc1cc2occ(-c3ccccc3OC)c2cc1/C(C)=C/C(=O)Nc1ccc(N(C)C)cc1. The van der Waals surface area contributed by atoms with Crippen LogP contribution in [0.25, 0.3) is 27.7 Å². The molecule has 0 unspecified atom stereocenters. The molecule has 35 heavy (non-hydrogen) atoms. The second kappa shape index (κ2) is 10.4. The Kier molecular flexibility index (Phi) is 7.11. The Balaban J connectivity index is 1.69. The van der Waals surface area contributed by atoms with Gasteiger partial charge in [0, 0.05) is 59.7 Å². The van der Waals surface area contributed by atoms with Crippen LogP contribution in [0.4, 0.5) is 11.4 Å². The van der Waals surface area contributed by atoms with Gasteiger partial charge in [-0.25, -0.2) is 0 Å². The third-order valence-corrected chi connectivity index (χ3v) is 5.80. The molecular weight excluding hydrogens is 440 g/mol. The molecule has 0 aliphatic rings. The van der Waals surface area contributed by atoms with Gasteiger partial charge in [-0.15, -0.1) is 0 Å². The first-order chi connectivity index (χ1) is 16.9. The summed E-state index contributed by atoms with van der Waals surface area (Å²) >= 11 is 0. The van der Waals surface area contributed by atoms with Gasteiger partial charge in [-0.1, -0.05) is 18.2 Å². The van der Waals surface area contributed by atoms with Crippen molar-refractivity contribution in [1.82, 2.24) is 0 Å². The van der Waals surface area contributed by atoms with Crippen LogP contribution < -0.4 is 19.7 Å². The van der Waals surface area contributed by atoms with E-state index in [4.69, 9.17) is 13.9 Å². The van der Waals surface area contributed by atoms with E-state index in [-0.39, 0.29) is 5.91 Å². The molecule has 0 aliphatic carbocycles. The summed E-state index contributed by atoms with van der Waals surface area (Å²) in [7, 11) is 5.61. The zero-order valence-corrected chi connectivity index (χ0v) is 20.7. The lowest BCUT2D eigenvalue weighted by molar-refractivity contribution is -0.111. The molecule has 0 saturated heterocycles. The first kappa shape index (κ1) is 24.0. The van der Waals surface area contributed by atoms with Crippen molar-refractivity contribution in [2.75, 3.05) is 38.0 Å². The van der Waals surface area contributed by atoms with E-state index in [1.54, 1.807) is 19.4 Å². The molecular formula is C29H30N2O4. The summed E-state index contributed by atoms with van der Waals surface area (Å²) in [6, 6.07) is 19.4. The van der Waals surface area contributed by atoms with Crippen LogP contribution >= 0.6 is 0 Å². The lowest BCUT2D eigenvalue weighted by atomic mass is 9.98. The molecule has 4 aromatic rings. The van der Waals surface area contributed by atoms with Gasteiger partial charge in [-0.2, -0.15) is 0 Å². The summed E-state index contributed by atoms with van der Waals surface area (Å²) in [6.07, 6.45) is 3.32. The average Bonchev–Trinajstić information content (AvgIpc) is 3.26. The molecule has 0 aliphatic heterocycles. The van der Waals surface area contributed by atoms with Crippen LogP contribution in [0, 0.1) is 0 Å². The highest BCUT2D eigenvalue weighted by molar-refractivity contribution is 6.05. The summed E-state index contributed by atoms with van der Waals surface area (Å²) in [5.41, 5.74) is 5.97. The standard InChI is InChI=1S/C29H30N2O4/c1-6-34-27-17-28-24(25(18-35-28)22-9-7-8-10-26(22)33-5)16-23(27)19(2)15-29(32)30-20-11-13-21(14-12-20)31(3)4/h7-18H,6H2,1-5H3,(H,30,32)/b19-15+. The summed E-state index contributed by atoms with van der Waals surface area (Å²) in [5, 5.41) is 3.85. The number of hydrogen-bond acceptors (Lipinski definition) is 5. The number of benzene rings is 3. The van der Waals surface area contributed by atoms with Gasteiger partial charge in [0.2, 0.25) is 5.91 Å². The van der Waals surface area contributed by atoms with Crippen molar-refractivity contribution in [3.05, 3.63) is 78.6 Å². The van der Waals surface area contributed by atoms with Crippen LogP contribution in [0.3, 0.4) is 0 Å². The fourth-order valence-corrected chi connectivity index (χ4v) is 4.01. The molecule has 4 rings (SSSR count). The molecule has 3 aromatic carbocycles. The number of rotatable bonds is 8. The van der Waals surface area contributed by atoms with E-state index in [1.807, 2.05) is 93.5 Å². The van der Waals surface area contributed by atoms with Crippen molar-refractivity contribution in [3.8, 4) is 22.6 Å². The Hall–Kier alpha value is -4.19. The van der Waals surface area contributed by atoms with E-state index < -0.39 is 0 Å². The summed E-state index contributed by atoms with van der Waals surface area (Å²) in [4.78, 5) is 14.8. The Morgan fingerprint density at radius 3 is 2.46 bits per heavy atom. The fourth-order valence-electron chi connectivity index (χ4n) is 4.01. The molecule has 1 aromatic heterocycles. The normalized spacial score (nSPS) is 11.4. The minimum Gasteiger partial charge on any atom is -0.496 e. The minimum atomic E-state index is -0.209. The number of methoxy groups -OCH3 is 1. The number of ether oxygens (including phenoxy) is 2. The van der Waals surface area contributed by atoms with Crippen molar-refractivity contribution in [2.45, 2.75) is 13.8 Å². The summed E-state index contributed by atoms with van der Waals surface area (Å²) < 4.78 is 17.3. The molecule has 180 valence electrons. The number of carbonyl (C=O) groups excluding carboxylic acids is 1. The number of nitrogens with one attached hydrogen (secondary N) is 1. The van der Waals surface area contributed by atoms with E-state index >= 15 is 0 Å². The number of fused-ring (bicyclic) bond motifs is 1. The van der Waals surface area contributed by atoms with E-state index in [2.05, 4.69) is 5.32 Å². The van der Waals surface area contributed by atoms with Gasteiger partial charge in [0.1, 0.15) is 17.1 Å². The highest BCUT2D eigenvalue weighted by atomic mass is 16.5. The topological polar surface area (TPSA) is 63.9 Å². The Morgan fingerprint density at radius 2 is 1.77 bits per heavy atom. The molecule has 0 atom stereocenters. The maximum atomic E-state index is 12.8. The van der Waals surface area contributed by atoms with Gasteiger partial charge in [0.25, 0.3) is 0 Å². The van der Waals surface area contributed by atoms with Crippen molar-refractivity contribution in [2.24, 2.45) is 0 Å². The summed E-state index contributed by atoms with van der Waals surface area (Å²) in [5.74, 6) is 1.22. The predicted molar refractivity (Wildman–Crippen MR) is 142 cm³/mol. The molecule has 6 heteroatoms. The molecule has 0 bridgehead atoms. The van der Waals surface area contributed by atoms with Gasteiger partial charge in [-0.05, 0) is 55.8 Å². The van der Waals surface area contributed by atoms with Crippen LogP contribution in [0.2, 0.25) is 0 Å². The third kappa shape index (κ3) is 5.17. The molecule has 1 heterocycles. The predicted octanol–water partition coefficient (Wildman–Crippen LogP) is 6.62. The Labute approximate surface area is 205 Å². The number of allylic oxidation sites excluding steroid dienone is 1. The number of hydrogen-bond donors (Lipinski definition) is 1. The fraction of sp³-hybridized carbons (Fsp3) is 0.207. The zero-order chi connectivity index (χ0) is 24.9. The maximum Gasteiger partial charge on any atom is 0.248 e. The zero-order valence-electron chi connectivity index (χ0n) is 20.7. The second-order valence-electron chi connectivity index (χ2n) is 8.39. The highest BCUT2D eigenvalue weighted by Gasteiger charge is 2.17. The molecule has 6 nitrogen and oxygen atoms in total. The highest BCUT2D eigenvalue weighted by Crippen LogP contribution is 2.40. The van der Waals surface area contributed by atoms with Gasteiger partial charge >= 0.3 is 0 Å². The van der Waals surface area contributed by atoms with Crippen LogP contribution in [0.5, 0.6) is 11.5 Å². The minimum absolute atomic E-state index is 0.209. The summed E-state index contributed by atoms with van der Waals surface area (Å²) in [6.45, 7) is 4.33. The average molecular weight is 471 g/mol. The first-order valence-corrected chi connectivity index (χ1v) is 11.5. The molecule has 1 N–H and O–H groups in total. The van der Waals surface area contributed by atoms with E-state index in [0.29, 0.717) is 17.9 Å². The van der Waals surface area contributed by atoms with E-state index in [9.17, 15) is 4.79 Å². The number of anilines is 2. The second-order valence-corrected chi connectivity index (χ2v) is 8.39. The van der Waals surface area contributed by atoms with E-state index in [1.165, 1.54) is 0 Å². The molecule has 0 spiro atoms. The van der Waals surface area contributed by atoms with Gasteiger partial charge in [-0.3, -0.25) is 4.79 Å².